The third kappa shape index (κ3) is 5.83. The predicted octanol–water partition coefficient (Wildman–Crippen LogP) is 4.01. The van der Waals surface area contributed by atoms with Crippen LogP contribution >= 0.6 is 0 Å². The van der Waals surface area contributed by atoms with Crippen LogP contribution < -0.4 is 15.4 Å². The summed E-state index contributed by atoms with van der Waals surface area (Å²) in [5.41, 5.74) is 1.63. The Balaban J connectivity index is 1.87. The van der Waals surface area contributed by atoms with Crippen LogP contribution in [0.4, 0.5) is 10.5 Å². The van der Waals surface area contributed by atoms with Gasteiger partial charge in [-0.05, 0) is 63.6 Å². The van der Waals surface area contributed by atoms with Crippen LogP contribution in [0.3, 0.4) is 0 Å². The highest BCUT2D eigenvalue weighted by atomic mass is 16.5. The molecule has 6 nitrogen and oxygen atoms in total. The minimum absolute atomic E-state index is 0.1000. The highest BCUT2D eigenvalue weighted by molar-refractivity contribution is 5.90. The molecule has 2 rings (SSSR count). The summed E-state index contributed by atoms with van der Waals surface area (Å²) in [6.07, 6.45) is 1.22. The molecule has 1 heterocycles. The lowest BCUT2D eigenvalue weighted by Gasteiger charge is -2.18. The van der Waals surface area contributed by atoms with Crippen LogP contribution in [-0.4, -0.2) is 23.3 Å². The molecule has 2 amide bonds. The molecular weight excluding hydrogens is 320 g/mol. The first-order valence-corrected chi connectivity index (χ1v) is 8.41. The molecule has 1 aromatic heterocycles. The van der Waals surface area contributed by atoms with Gasteiger partial charge in [-0.3, -0.25) is 0 Å². The van der Waals surface area contributed by atoms with Crippen LogP contribution in [-0.2, 0) is 0 Å². The van der Waals surface area contributed by atoms with Crippen molar-refractivity contribution in [3.05, 3.63) is 47.9 Å². The largest absolute Gasteiger partial charge is 0.491 e. The summed E-state index contributed by atoms with van der Waals surface area (Å²) in [7, 11) is 0. The van der Waals surface area contributed by atoms with E-state index in [2.05, 4.69) is 10.6 Å². The Bertz CT molecular complexity index is 683. The molecule has 1 aromatic carbocycles. The first-order chi connectivity index (χ1) is 11.8. The molecule has 2 atom stereocenters. The Morgan fingerprint density at radius 1 is 1.28 bits per heavy atom. The predicted molar refractivity (Wildman–Crippen MR) is 96.8 cm³/mol. The minimum atomic E-state index is -0.750. The molecule has 0 aliphatic carbocycles. The summed E-state index contributed by atoms with van der Waals surface area (Å²) in [5.74, 6) is 1.26. The van der Waals surface area contributed by atoms with E-state index in [9.17, 15) is 9.90 Å². The molecule has 0 unspecified atom stereocenters. The maximum atomic E-state index is 12.1. The van der Waals surface area contributed by atoms with Gasteiger partial charge in [0.15, 0.2) is 0 Å². The van der Waals surface area contributed by atoms with Crippen molar-refractivity contribution in [3.8, 4) is 5.75 Å². The second kappa shape index (κ2) is 8.58. The number of ether oxygens (including phenoxy) is 1. The van der Waals surface area contributed by atoms with Gasteiger partial charge >= 0.3 is 6.03 Å². The molecule has 3 N–H and O–H groups in total. The number of aryl methyl sites for hydroxylation is 1. The normalized spacial score (nSPS) is 13.4. The van der Waals surface area contributed by atoms with Gasteiger partial charge in [0.25, 0.3) is 0 Å². The Hall–Kier alpha value is -2.47. The molecule has 25 heavy (non-hydrogen) atoms. The first-order valence-electron chi connectivity index (χ1n) is 8.41. The fourth-order valence-corrected chi connectivity index (χ4v) is 2.49. The third-order valence-corrected chi connectivity index (χ3v) is 3.64. The highest BCUT2D eigenvalue weighted by Crippen LogP contribution is 2.22. The third-order valence-electron chi connectivity index (χ3n) is 3.64. The number of rotatable bonds is 7. The zero-order valence-electron chi connectivity index (χ0n) is 15.1. The topological polar surface area (TPSA) is 83.7 Å². The fourth-order valence-electron chi connectivity index (χ4n) is 2.49. The van der Waals surface area contributed by atoms with Crippen molar-refractivity contribution in [2.24, 2.45) is 0 Å². The van der Waals surface area contributed by atoms with E-state index >= 15 is 0 Å². The van der Waals surface area contributed by atoms with Gasteiger partial charge in [-0.15, -0.1) is 0 Å². The number of carbonyl (C=O) groups is 1. The van der Waals surface area contributed by atoms with Crippen LogP contribution in [0.1, 0.15) is 44.6 Å². The van der Waals surface area contributed by atoms with Crippen LogP contribution in [0.15, 0.2) is 41.0 Å². The zero-order chi connectivity index (χ0) is 18.4. The number of aliphatic hydroxyl groups excluding tert-OH is 1. The van der Waals surface area contributed by atoms with Gasteiger partial charge < -0.3 is 24.9 Å². The van der Waals surface area contributed by atoms with Gasteiger partial charge in [0.2, 0.25) is 0 Å². The van der Waals surface area contributed by atoms with E-state index < -0.39 is 6.10 Å². The van der Waals surface area contributed by atoms with E-state index in [0.29, 0.717) is 17.9 Å². The van der Waals surface area contributed by atoms with E-state index in [1.807, 2.05) is 45.9 Å². The highest BCUT2D eigenvalue weighted by Gasteiger charge is 2.16. The van der Waals surface area contributed by atoms with Gasteiger partial charge in [-0.1, -0.05) is 0 Å². The standard InChI is InChI=1S/C19H26N2O4/c1-12(2)25-15-7-8-16(13(3)10-15)21-19(23)20-14(4)11-17(22)18-6-5-9-24-18/h5-10,12,14,17,22H,11H2,1-4H3,(H2,20,21,23)/t14-,17+/m0/s1. The quantitative estimate of drug-likeness (QED) is 0.707. The SMILES string of the molecule is Cc1cc(OC(C)C)ccc1NC(=O)N[C@@H](C)C[C@@H](O)c1ccco1. The Morgan fingerprint density at radius 2 is 2.04 bits per heavy atom. The molecule has 0 saturated heterocycles. The lowest BCUT2D eigenvalue weighted by molar-refractivity contribution is 0.130. The van der Waals surface area contributed by atoms with Crippen molar-refractivity contribution in [1.82, 2.24) is 5.32 Å². The van der Waals surface area contributed by atoms with Crippen molar-refractivity contribution >= 4 is 11.7 Å². The maximum Gasteiger partial charge on any atom is 0.319 e. The summed E-state index contributed by atoms with van der Waals surface area (Å²) in [6.45, 7) is 7.67. The van der Waals surface area contributed by atoms with Crippen molar-refractivity contribution in [3.63, 3.8) is 0 Å². The minimum Gasteiger partial charge on any atom is -0.491 e. The number of carbonyl (C=O) groups excluding carboxylic acids is 1. The lowest BCUT2D eigenvalue weighted by atomic mass is 10.1. The van der Waals surface area contributed by atoms with Crippen LogP contribution in [0.25, 0.3) is 0 Å². The van der Waals surface area contributed by atoms with E-state index in [1.54, 1.807) is 12.1 Å². The number of amides is 2. The zero-order valence-corrected chi connectivity index (χ0v) is 15.1. The average Bonchev–Trinajstić information content (AvgIpc) is 3.03. The van der Waals surface area contributed by atoms with Gasteiger partial charge in [0.05, 0.1) is 12.4 Å². The molecule has 2 aromatic rings. The number of hydrogen-bond donors (Lipinski definition) is 3. The second-order valence-corrected chi connectivity index (χ2v) is 6.41. The van der Waals surface area contributed by atoms with Crippen LogP contribution in [0.5, 0.6) is 5.75 Å². The number of furan rings is 1. The van der Waals surface area contributed by atoms with Crippen molar-refractivity contribution in [1.29, 1.82) is 0 Å². The van der Waals surface area contributed by atoms with Gasteiger partial charge in [0, 0.05) is 18.2 Å². The van der Waals surface area contributed by atoms with Gasteiger partial charge in [0.1, 0.15) is 17.6 Å². The Labute approximate surface area is 148 Å². The molecule has 0 radical (unpaired) electrons. The summed E-state index contributed by atoms with van der Waals surface area (Å²) in [5, 5.41) is 15.7. The fraction of sp³-hybridized carbons (Fsp3) is 0.421. The molecule has 0 bridgehead atoms. The number of aliphatic hydroxyl groups is 1. The molecule has 0 fully saturated rings. The molecule has 6 heteroatoms. The van der Waals surface area contributed by atoms with E-state index in [4.69, 9.17) is 9.15 Å². The van der Waals surface area contributed by atoms with E-state index in [0.717, 1.165) is 11.3 Å². The number of anilines is 1. The number of hydrogen-bond acceptors (Lipinski definition) is 4. The first kappa shape index (κ1) is 18.9. The molecular formula is C19H26N2O4. The smallest absolute Gasteiger partial charge is 0.319 e. The second-order valence-electron chi connectivity index (χ2n) is 6.41. The van der Waals surface area contributed by atoms with Crippen LogP contribution in [0.2, 0.25) is 0 Å². The number of nitrogens with one attached hydrogen (secondary N) is 2. The number of benzene rings is 1. The van der Waals surface area contributed by atoms with Gasteiger partial charge in [-0.2, -0.15) is 0 Å². The summed E-state index contributed by atoms with van der Waals surface area (Å²) in [6, 6.07) is 8.42. The van der Waals surface area contributed by atoms with E-state index in [-0.39, 0.29) is 18.2 Å². The summed E-state index contributed by atoms with van der Waals surface area (Å²) >= 11 is 0. The maximum absolute atomic E-state index is 12.1. The molecule has 0 aliphatic heterocycles. The van der Waals surface area contributed by atoms with Crippen LogP contribution in [0, 0.1) is 6.92 Å². The van der Waals surface area contributed by atoms with Crippen molar-refractivity contribution in [2.75, 3.05) is 5.32 Å². The molecule has 136 valence electrons. The van der Waals surface area contributed by atoms with Crippen molar-refractivity contribution in [2.45, 2.75) is 52.4 Å². The lowest BCUT2D eigenvalue weighted by Crippen LogP contribution is -2.37. The Kier molecular flexibility index (Phi) is 6.47. The van der Waals surface area contributed by atoms with E-state index in [1.165, 1.54) is 6.26 Å². The molecule has 0 aliphatic rings. The average molecular weight is 346 g/mol. The molecule has 0 spiro atoms. The van der Waals surface area contributed by atoms with Crippen molar-refractivity contribution < 1.29 is 19.1 Å². The Morgan fingerprint density at radius 3 is 2.64 bits per heavy atom. The van der Waals surface area contributed by atoms with Gasteiger partial charge in [-0.25, -0.2) is 4.79 Å². The monoisotopic (exact) mass is 346 g/mol. The summed E-state index contributed by atoms with van der Waals surface area (Å²) < 4.78 is 10.8. The number of urea groups is 1. The summed E-state index contributed by atoms with van der Waals surface area (Å²) in [4.78, 5) is 12.1. The molecule has 0 saturated carbocycles.